The largest absolute Gasteiger partial charge is 0.369 e. The molecular weight excluding hydrogens is 304 g/mol. The maximum absolute atomic E-state index is 4.69. The van der Waals surface area contributed by atoms with Crippen molar-refractivity contribution in [3.63, 3.8) is 0 Å². The van der Waals surface area contributed by atoms with E-state index in [0.717, 1.165) is 28.2 Å². The van der Waals surface area contributed by atoms with Crippen LogP contribution in [0.1, 0.15) is 31.4 Å². The first-order valence-corrected chi connectivity index (χ1v) is 7.31. The van der Waals surface area contributed by atoms with Crippen molar-refractivity contribution in [2.24, 2.45) is 0 Å². The lowest BCUT2D eigenvalue weighted by molar-refractivity contribution is 0.968. The van der Waals surface area contributed by atoms with Crippen molar-refractivity contribution >= 4 is 21.7 Å². The van der Waals surface area contributed by atoms with Gasteiger partial charge in [-0.25, -0.2) is 9.97 Å². The molecule has 0 bridgehead atoms. The summed E-state index contributed by atoms with van der Waals surface area (Å²) in [6, 6.07) is 5.79. The van der Waals surface area contributed by atoms with Crippen LogP contribution >= 0.6 is 15.9 Å². The lowest BCUT2D eigenvalue weighted by Gasteiger charge is -2.11. The molecule has 4 nitrogen and oxygen atoms in total. The van der Waals surface area contributed by atoms with Crippen molar-refractivity contribution in [3.8, 4) is 11.5 Å². The molecule has 5 heteroatoms. The van der Waals surface area contributed by atoms with E-state index in [0.29, 0.717) is 11.7 Å². The molecule has 19 heavy (non-hydrogen) atoms. The molecule has 3 rings (SSSR count). The molecule has 98 valence electrons. The lowest BCUT2D eigenvalue weighted by Crippen LogP contribution is -2.06. The molecule has 0 aliphatic heterocycles. The lowest BCUT2D eigenvalue weighted by atomic mass is 10.2. The van der Waals surface area contributed by atoms with E-state index in [-0.39, 0.29) is 0 Å². The van der Waals surface area contributed by atoms with Crippen LogP contribution in [-0.2, 0) is 0 Å². The van der Waals surface area contributed by atoms with E-state index >= 15 is 0 Å². The van der Waals surface area contributed by atoms with E-state index in [2.05, 4.69) is 43.1 Å². The second-order valence-electron chi connectivity index (χ2n) is 4.61. The van der Waals surface area contributed by atoms with Crippen molar-refractivity contribution < 1.29 is 0 Å². The second-order valence-corrected chi connectivity index (χ2v) is 5.41. The Bertz CT molecular complexity index is 581. The van der Waals surface area contributed by atoms with Gasteiger partial charge in [0.25, 0.3) is 0 Å². The number of hydrogen-bond acceptors (Lipinski definition) is 4. The zero-order valence-corrected chi connectivity index (χ0v) is 12.3. The van der Waals surface area contributed by atoms with Gasteiger partial charge in [-0.1, -0.05) is 6.07 Å². The highest BCUT2D eigenvalue weighted by Crippen LogP contribution is 2.44. The van der Waals surface area contributed by atoms with Gasteiger partial charge in [0.1, 0.15) is 11.5 Å². The summed E-state index contributed by atoms with van der Waals surface area (Å²) in [6.45, 7) is 2.90. The van der Waals surface area contributed by atoms with Crippen LogP contribution in [0.2, 0.25) is 0 Å². The van der Waals surface area contributed by atoms with Crippen molar-refractivity contribution in [1.29, 1.82) is 0 Å². The number of halogens is 1. The second kappa shape index (κ2) is 5.25. The first kappa shape index (κ1) is 12.5. The van der Waals surface area contributed by atoms with Crippen LogP contribution in [0.15, 0.2) is 28.9 Å². The number of rotatable bonds is 4. The Morgan fingerprint density at radius 1 is 1.32 bits per heavy atom. The zero-order chi connectivity index (χ0) is 13.2. The molecule has 0 radical (unpaired) electrons. The third-order valence-electron chi connectivity index (χ3n) is 3.08. The Hall–Kier alpha value is -1.49. The van der Waals surface area contributed by atoms with Gasteiger partial charge in [0.15, 0.2) is 5.82 Å². The van der Waals surface area contributed by atoms with Crippen LogP contribution in [-0.4, -0.2) is 21.5 Å². The van der Waals surface area contributed by atoms with E-state index in [4.69, 9.17) is 0 Å². The third-order valence-corrected chi connectivity index (χ3v) is 3.86. The summed E-state index contributed by atoms with van der Waals surface area (Å²) in [5.74, 6) is 2.12. The summed E-state index contributed by atoms with van der Waals surface area (Å²) in [6.07, 6.45) is 4.19. The fourth-order valence-corrected chi connectivity index (χ4v) is 2.63. The van der Waals surface area contributed by atoms with Crippen LogP contribution in [0.5, 0.6) is 0 Å². The van der Waals surface area contributed by atoms with Crippen molar-refractivity contribution in [2.45, 2.75) is 25.7 Å². The van der Waals surface area contributed by atoms with Gasteiger partial charge in [0.05, 0.1) is 10.2 Å². The standard InChI is InChI=1S/C14H15BrN4/c1-2-16-14-11(15)12(9-6-7-9)18-13(19-14)10-5-3-4-8-17-10/h3-5,8-9H,2,6-7H2,1H3,(H,16,18,19). The number of hydrogen-bond donors (Lipinski definition) is 1. The van der Waals surface area contributed by atoms with Gasteiger partial charge in [0, 0.05) is 18.7 Å². The Morgan fingerprint density at radius 2 is 2.16 bits per heavy atom. The molecule has 0 aromatic carbocycles. The van der Waals surface area contributed by atoms with Gasteiger partial charge in [-0.2, -0.15) is 0 Å². The Labute approximate surface area is 120 Å². The number of aromatic nitrogens is 3. The number of nitrogens with one attached hydrogen (secondary N) is 1. The van der Waals surface area contributed by atoms with Gasteiger partial charge in [0.2, 0.25) is 0 Å². The maximum atomic E-state index is 4.69. The van der Waals surface area contributed by atoms with E-state index in [1.807, 2.05) is 18.2 Å². The Balaban J connectivity index is 2.09. The zero-order valence-electron chi connectivity index (χ0n) is 10.7. The summed E-state index contributed by atoms with van der Waals surface area (Å²) in [7, 11) is 0. The Morgan fingerprint density at radius 3 is 2.79 bits per heavy atom. The minimum Gasteiger partial charge on any atom is -0.369 e. The predicted molar refractivity (Wildman–Crippen MR) is 79.1 cm³/mol. The minimum atomic E-state index is 0.567. The fraction of sp³-hybridized carbons (Fsp3) is 0.357. The quantitative estimate of drug-likeness (QED) is 0.935. The smallest absolute Gasteiger partial charge is 0.180 e. The SMILES string of the molecule is CCNc1nc(-c2ccccn2)nc(C2CC2)c1Br. The van der Waals surface area contributed by atoms with Gasteiger partial charge in [-0.3, -0.25) is 4.98 Å². The van der Waals surface area contributed by atoms with Gasteiger partial charge in [-0.05, 0) is 47.8 Å². The average molecular weight is 319 g/mol. The monoisotopic (exact) mass is 318 g/mol. The van der Waals surface area contributed by atoms with Crippen molar-refractivity contribution in [3.05, 3.63) is 34.6 Å². The summed E-state index contributed by atoms with van der Waals surface area (Å²) in [4.78, 5) is 13.6. The molecule has 0 atom stereocenters. The van der Waals surface area contributed by atoms with E-state index in [9.17, 15) is 0 Å². The van der Waals surface area contributed by atoms with E-state index < -0.39 is 0 Å². The molecular formula is C14H15BrN4. The number of pyridine rings is 1. The van der Waals surface area contributed by atoms with Crippen LogP contribution in [0, 0.1) is 0 Å². The summed E-state index contributed by atoms with van der Waals surface area (Å²) >= 11 is 3.62. The number of anilines is 1. The summed E-state index contributed by atoms with van der Waals surface area (Å²) in [5.41, 5.74) is 1.92. The molecule has 2 aromatic rings. The molecule has 1 aliphatic rings. The van der Waals surface area contributed by atoms with Crippen LogP contribution in [0.4, 0.5) is 5.82 Å². The first-order chi connectivity index (χ1) is 9.29. The van der Waals surface area contributed by atoms with Gasteiger partial charge >= 0.3 is 0 Å². The predicted octanol–water partition coefficient (Wildman–Crippen LogP) is 3.61. The number of nitrogens with zero attached hydrogens (tertiary/aromatic N) is 3. The van der Waals surface area contributed by atoms with Gasteiger partial charge in [-0.15, -0.1) is 0 Å². The molecule has 1 aliphatic carbocycles. The summed E-state index contributed by atoms with van der Waals surface area (Å²) < 4.78 is 0.997. The van der Waals surface area contributed by atoms with Crippen molar-refractivity contribution in [2.75, 3.05) is 11.9 Å². The van der Waals surface area contributed by atoms with E-state index in [1.54, 1.807) is 6.20 Å². The highest BCUT2D eigenvalue weighted by atomic mass is 79.9. The molecule has 1 saturated carbocycles. The topological polar surface area (TPSA) is 50.7 Å². The third kappa shape index (κ3) is 2.61. The normalized spacial score (nSPS) is 14.4. The molecule has 2 aromatic heterocycles. The molecule has 0 amide bonds. The van der Waals surface area contributed by atoms with E-state index in [1.165, 1.54) is 12.8 Å². The highest BCUT2D eigenvalue weighted by Gasteiger charge is 2.29. The summed E-state index contributed by atoms with van der Waals surface area (Å²) in [5, 5.41) is 3.28. The fourth-order valence-electron chi connectivity index (χ4n) is 1.99. The van der Waals surface area contributed by atoms with Crippen molar-refractivity contribution in [1.82, 2.24) is 15.0 Å². The average Bonchev–Trinajstić information content (AvgIpc) is 3.27. The molecule has 1 fully saturated rings. The van der Waals surface area contributed by atoms with Crippen LogP contribution < -0.4 is 5.32 Å². The Kier molecular flexibility index (Phi) is 3.46. The van der Waals surface area contributed by atoms with Crippen LogP contribution in [0.3, 0.4) is 0 Å². The molecule has 0 saturated heterocycles. The molecule has 0 unspecified atom stereocenters. The minimum absolute atomic E-state index is 0.567. The molecule has 2 heterocycles. The maximum Gasteiger partial charge on any atom is 0.180 e. The molecule has 1 N–H and O–H groups in total. The first-order valence-electron chi connectivity index (χ1n) is 6.52. The van der Waals surface area contributed by atoms with Crippen LogP contribution in [0.25, 0.3) is 11.5 Å². The highest BCUT2D eigenvalue weighted by molar-refractivity contribution is 9.10. The molecule has 0 spiro atoms. The van der Waals surface area contributed by atoms with Gasteiger partial charge < -0.3 is 5.32 Å².